The third-order valence-electron chi connectivity index (χ3n) is 3.30. The Labute approximate surface area is 159 Å². The Morgan fingerprint density at radius 3 is 2.08 bits per heavy atom. The summed E-state index contributed by atoms with van der Waals surface area (Å²) in [6.45, 7) is 0. The smallest absolute Gasteiger partial charge is 0.0934 e. The van der Waals surface area contributed by atoms with E-state index < -0.39 is 0 Å². The van der Waals surface area contributed by atoms with Crippen LogP contribution in [0.2, 0.25) is 0 Å². The first-order chi connectivity index (χ1) is 11.4. The summed E-state index contributed by atoms with van der Waals surface area (Å²) in [7, 11) is 0. The number of hydrogen-bond acceptors (Lipinski definition) is 4. The van der Waals surface area contributed by atoms with E-state index in [4.69, 9.17) is 0 Å². The number of aromatic nitrogens is 2. The Morgan fingerprint density at radius 1 is 0.840 bits per heavy atom. The van der Waals surface area contributed by atoms with Gasteiger partial charge in [0.15, 0.2) is 0 Å². The van der Waals surface area contributed by atoms with Crippen molar-refractivity contribution >= 4 is 33.4 Å². The van der Waals surface area contributed by atoms with Crippen molar-refractivity contribution < 1.29 is 0 Å². The van der Waals surface area contributed by atoms with E-state index in [-0.39, 0.29) is 14.9 Å². The average molecular weight is 369 g/mol. The molecule has 0 amide bonds. The number of thioether (sulfide) groups is 1. The molecule has 0 unspecified atom stereocenters. The van der Waals surface area contributed by atoms with Gasteiger partial charge in [0.1, 0.15) is 0 Å². The molecule has 0 spiro atoms. The van der Waals surface area contributed by atoms with Gasteiger partial charge in [-0.2, -0.15) is 4.37 Å². The molecule has 0 N–H and O–H groups in total. The van der Waals surface area contributed by atoms with Crippen molar-refractivity contribution in [2.24, 2.45) is 0 Å². The molecule has 130 valence electrons. The highest BCUT2D eigenvalue weighted by atomic mass is 32.2. The van der Waals surface area contributed by atoms with Crippen molar-refractivity contribution in [3.63, 3.8) is 0 Å². The Bertz CT molecular complexity index is 859. The summed E-state index contributed by atoms with van der Waals surface area (Å²) in [6.07, 6.45) is 5.76. The quantitative estimate of drug-likeness (QED) is 0.355. The summed E-state index contributed by atoms with van der Waals surface area (Å²) in [5, 5.41) is 1.13. The fraction of sp³-hybridized carbons (Fsp3) is 0.143. The fourth-order valence-electron chi connectivity index (χ4n) is 2.14. The topological polar surface area (TPSA) is 25.8 Å². The molecule has 2 heterocycles. The molecule has 0 aliphatic heterocycles. The van der Waals surface area contributed by atoms with E-state index in [0.717, 1.165) is 16.6 Å². The van der Waals surface area contributed by atoms with Crippen molar-refractivity contribution in [3.05, 3.63) is 79.1 Å². The van der Waals surface area contributed by atoms with Gasteiger partial charge in [0.2, 0.25) is 0 Å². The number of benzene rings is 2. The van der Waals surface area contributed by atoms with Crippen LogP contribution in [0.15, 0.2) is 84.0 Å². The van der Waals surface area contributed by atoms with Gasteiger partial charge in [0.05, 0.1) is 10.4 Å². The van der Waals surface area contributed by atoms with Gasteiger partial charge in [0, 0.05) is 28.2 Å². The van der Waals surface area contributed by atoms with E-state index in [0.29, 0.717) is 0 Å². The standard InChI is InChI=1S/C12H8N2S.C7H8S.2CH4/c1-2-4-9(5-3-1)12-10-8-13-7-6-11(10)15-14-12;1-8-7-5-3-2-4-6-7;;/h1-8H;2-6H,1H3;2*1H4. The maximum atomic E-state index is 4.47. The van der Waals surface area contributed by atoms with Crippen LogP contribution in [-0.4, -0.2) is 15.6 Å². The van der Waals surface area contributed by atoms with Gasteiger partial charge in [-0.05, 0) is 36.0 Å². The normalized spacial score (nSPS) is 9.32. The molecule has 0 radical (unpaired) electrons. The van der Waals surface area contributed by atoms with E-state index in [9.17, 15) is 0 Å². The lowest BCUT2D eigenvalue weighted by molar-refractivity contribution is 1.37. The van der Waals surface area contributed by atoms with E-state index in [1.165, 1.54) is 21.1 Å². The molecule has 25 heavy (non-hydrogen) atoms. The molecule has 0 bridgehead atoms. The molecule has 0 aliphatic carbocycles. The van der Waals surface area contributed by atoms with Gasteiger partial charge >= 0.3 is 0 Å². The lowest BCUT2D eigenvalue weighted by Crippen LogP contribution is -1.77. The second kappa shape index (κ2) is 10.6. The lowest BCUT2D eigenvalue weighted by atomic mass is 10.1. The van der Waals surface area contributed by atoms with Crippen molar-refractivity contribution in [2.75, 3.05) is 6.26 Å². The summed E-state index contributed by atoms with van der Waals surface area (Å²) in [5.74, 6) is 0. The zero-order chi connectivity index (χ0) is 15.9. The molecular formula is C21H24N2S2. The molecule has 0 atom stereocenters. The molecule has 2 nitrogen and oxygen atoms in total. The second-order valence-corrected chi connectivity index (χ2v) is 6.47. The third-order valence-corrected chi connectivity index (χ3v) is 4.87. The van der Waals surface area contributed by atoms with E-state index in [1.807, 2.05) is 48.7 Å². The summed E-state index contributed by atoms with van der Waals surface area (Å²) in [5.41, 5.74) is 2.18. The first kappa shape index (κ1) is 20.9. The Kier molecular flexibility index (Phi) is 8.89. The zero-order valence-corrected chi connectivity index (χ0v) is 14.3. The van der Waals surface area contributed by atoms with Crippen LogP contribution in [0.4, 0.5) is 0 Å². The molecule has 4 rings (SSSR count). The molecule has 0 saturated carbocycles. The van der Waals surface area contributed by atoms with Gasteiger partial charge in [-0.3, -0.25) is 4.98 Å². The highest BCUT2D eigenvalue weighted by Crippen LogP contribution is 2.29. The van der Waals surface area contributed by atoms with Gasteiger partial charge < -0.3 is 0 Å². The Morgan fingerprint density at radius 2 is 1.48 bits per heavy atom. The first-order valence-corrected chi connectivity index (χ1v) is 9.22. The van der Waals surface area contributed by atoms with Crippen LogP contribution >= 0.6 is 23.3 Å². The number of nitrogens with zero attached hydrogens (tertiary/aromatic N) is 2. The van der Waals surface area contributed by atoms with E-state index in [2.05, 4.69) is 39.9 Å². The van der Waals surface area contributed by atoms with Crippen molar-refractivity contribution in [1.82, 2.24) is 9.36 Å². The summed E-state index contributed by atoms with van der Waals surface area (Å²) in [4.78, 5) is 5.46. The highest BCUT2D eigenvalue weighted by Gasteiger charge is 2.06. The summed E-state index contributed by atoms with van der Waals surface area (Å²) >= 11 is 3.29. The Hall–Kier alpha value is -2.17. The Balaban J connectivity index is 0.000000271. The van der Waals surface area contributed by atoms with Gasteiger partial charge in [0.25, 0.3) is 0 Å². The van der Waals surface area contributed by atoms with Crippen molar-refractivity contribution in [2.45, 2.75) is 19.7 Å². The van der Waals surface area contributed by atoms with Crippen LogP contribution in [0.3, 0.4) is 0 Å². The predicted octanol–water partition coefficient (Wildman–Crippen LogP) is 7.04. The van der Waals surface area contributed by atoms with Gasteiger partial charge in [-0.1, -0.05) is 63.4 Å². The van der Waals surface area contributed by atoms with Crippen LogP contribution in [0.1, 0.15) is 14.9 Å². The maximum absolute atomic E-state index is 4.47. The highest BCUT2D eigenvalue weighted by molar-refractivity contribution is 7.98. The average Bonchev–Trinajstić information content (AvgIpc) is 3.08. The van der Waals surface area contributed by atoms with Crippen molar-refractivity contribution in [3.8, 4) is 11.3 Å². The number of hydrogen-bond donors (Lipinski definition) is 0. The minimum atomic E-state index is 0. The molecule has 4 aromatic rings. The predicted molar refractivity (Wildman–Crippen MR) is 115 cm³/mol. The van der Waals surface area contributed by atoms with Gasteiger partial charge in [-0.15, -0.1) is 11.8 Å². The lowest BCUT2D eigenvalue weighted by Gasteiger charge is -1.95. The zero-order valence-electron chi connectivity index (χ0n) is 12.7. The molecular weight excluding hydrogens is 344 g/mol. The molecule has 4 heteroatoms. The maximum Gasteiger partial charge on any atom is 0.0934 e. The van der Waals surface area contributed by atoms with Crippen LogP contribution in [0, 0.1) is 0 Å². The van der Waals surface area contributed by atoms with Crippen LogP contribution in [-0.2, 0) is 0 Å². The SMILES string of the molecule is C.C.CSc1ccccc1.c1ccc(-c2nsc3ccncc23)cc1. The first-order valence-electron chi connectivity index (χ1n) is 7.22. The molecule has 0 fully saturated rings. The minimum absolute atomic E-state index is 0. The fourth-order valence-corrected chi connectivity index (χ4v) is 3.34. The number of fused-ring (bicyclic) bond motifs is 1. The minimum Gasteiger partial charge on any atom is -0.264 e. The third kappa shape index (κ3) is 5.41. The molecule has 0 saturated heterocycles. The summed E-state index contributed by atoms with van der Waals surface area (Å²) in [6, 6.07) is 22.5. The monoisotopic (exact) mass is 368 g/mol. The molecule has 0 aliphatic rings. The van der Waals surface area contributed by atoms with Crippen LogP contribution in [0.25, 0.3) is 21.3 Å². The number of rotatable bonds is 2. The largest absolute Gasteiger partial charge is 0.264 e. The van der Waals surface area contributed by atoms with Crippen molar-refractivity contribution in [1.29, 1.82) is 0 Å². The molecule has 2 aromatic heterocycles. The number of pyridine rings is 1. The molecule has 2 aromatic carbocycles. The van der Waals surface area contributed by atoms with Crippen LogP contribution in [0.5, 0.6) is 0 Å². The van der Waals surface area contributed by atoms with E-state index in [1.54, 1.807) is 18.0 Å². The summed E-state index contributed by atoms with van der Waals surface area (Å²) < 4.78 is 5.65. The second-order valence-electron chi connectivity index (χ2n) is 4.79. The van der Waals surface area contributed by atoms with Crippen LogP contribution < -0.4 is 0 Å². The van der Waals surface area contributed by atoms with E-state index >= 15 is 0 Å². The van der Waals surface area contributed by atoms with Gasteiger partial charge in [-0.25, -0.2) is 0 Å².